The number of unbranched alkanes of at least 4 members (excludes halogenated alkanes) is 1. The highest BCUT2D eigenvalue weighted by atomic mass is 16.2. The van der Waals surface area contributed by atoms with Crippen molar-refractivity contribution in [2.24, 2.45) is 0 Å². The van der Waals surface area contributed by atoms with Crippen LogP contribution in [0, 0.1) is 0 Å². The third-order valence-corrected chi connectivity index (χ3v) is 4.01. The molecule has 2 aliphatic rings. The summed E-state index contributed by atoms with van der Waals surface area (Å²) in [5.41, 5.74) is 1.70. The van der Waals surface area contributed by atoms with E-state index >= 15 is 0 Å². The van der Waals surface area contributed by atoms with Gasteiger partial charge in [0.25, 0.3) is 5.91 Å². The maximum atomic E-state index is 12.5. The standard InChI is InChI=1S/C15H21N3O/c1-2-3-5-12-6-4-9-18(12)15(19)14-10-13(16-17-14)11-7-8-11/h4,6,10-12H,2-3,5,7-9H2,1H3,(H,16,17)/t12-/m1/s1. The zero-order valence-corrected chi connectivity index (χ0v) is 11.4. The van der Waals surface area contributed by atoms with E-state index in [4.69, 9.17) is 0 Å². The summed E-state index contributed by atoms with van der Waals surface area (Å²) in [6, 6.07) is 2.20. The molecular weight excluding hydrogens is 238 g/mol. The van der Waals surface area contributed by atoms with Gasteiger partial charge in [-0.15, -0.1) is 0 Å². The molecule has 1 atom stereocenters. The Bertz CT molecular complexity index is 487. The molecule has 4 nitrogen and oxygen atoms in total. The lowest BCUT2D eigenvalue weighted by atomic mass is 10.1. The number of carbonyl (C=O) groups excluding carboxylic acids is 1. The summed E-state index contributed by atoms with van der Waals surface area (Å²) in [6.45, 7) is 2.90. The molecule has 1 saturated carbocycles. The van der Waals surface area contributed by atoms with Crippen LogP contribution in [-0.2, 0) is 0 Å². The highest BCUT2D eigenvalue weighted by Crippen LogP contribution is 2.39. The Morgan fingerprint density at radius 2 is 2.37 bits per heavy atom. The first kappa shape index (κ1) is 12.5. The number of aromatic amines is 1. The Morgan fingerprint density at radius 3 is 3.11 bits per heavy atom. The van der Waals surface area contributed by atoms with E-state index < -0.39 is 0 Å². The molecule has 1 N–H and O–H groups in total. The Kier molecular flexibility index (Phi) is 3.40. The molecule has 1 aromatic heterocycles. The van der Waals surface area contributed by atoms with Gasteiger partial charge in [0, 0.05) is 18.2 Å². The third kappa shape index (κ3) is 2.57. The van der Waals surface area contributed by atoms with Gasteiger partial charge in [0.05, 0.1) is 6.04 Å². The molecule has 3 rings (SSSR count). The number of aromatic nitrogens is 2. The molecule has 0 spiro atoms. The van der Waals surface area contributed by atoms with Crippen LogP contribution in [0.25, 0.3) is 0 Å². The van der Waals surface area contributed by atoms with E-state index in [1.54, 1.807) is 0 Å². The lowest BCUT2D eigenvalue weighted by molar-refractivity contribution is 0.0737. The molecule has 1 aliphatic heterocycles. The minimum absolute atomic E-state index is 0.0641. The van der Waals surface area contributed by atoms with Crippen LogP contribution in [-0.4, -0.2) is 33.6 Å². The first-order chi connectivity index (χ1) is 9.29. The fraction of sp³-hybridized carbons (Fsp3) is 0.600. The van der Waals surface area contributed by atoms with Gasteiger partial charge < -0.3 is 4.90 Å². The summed E-state index contributed by atoms with van der Waals surface area (Å²) >= 11 is 0. The zero-order chi connectivity index (χ0) is 13.2. The second-order valence-electron chi connectivity index (χ2n) is 5.58. The van der Waals surface area contributed by atoms with E-state index in [9.17, 15) is 4.79 Å². The molecule has 0 bridgehead atoms. The Morgan fingerprint density at radius 1 is 1.53 bits per heavy atom. The topological polar surface area (TPSA) is 49.0 Å². The minimum atomic E-state index is 0.0641. The zero-order valence-electron chi connectivity index (χ0n) is 11.4. The Balaban J connectivity index is 1.67. The molecular formula is C15H21N3O. The molecule has 1 aromatic rings. The molecule has 0 unspecified atom stereocenters. The summed E-state index contributed by atoms with van der Waals surface area (Å²) in [5.74, 6) is 0.677. The largest absolute Gasteiger partial charge is 0.327 e. The number of amides is 1. The smallest absolute Gasteiger partial charge is 0.275 e. The van der Waals surface area contributed by atoms with E-state index in [-0.39, 0.29) is 11.9 Å². The van der Waals surface area contributed by atoms with Crippen LogP contribution in [0.2, 0.25) is 0 Å². The summed E-state index contributed by atoms with van der Waals surface area (Å²) in [5, 5.41) is 7.20. The lowest BCUT2D eigenvalue weighted by Crippen LogP contribution is -2.36. The molecule has 0 saturated heterocycles. The van der Waals surface area contributed by atoms with Crippen LogP contribution in [0.3, 0.4) is 0 Å². The number of H-pyrrole nitrogens is 1. The third-order valence-electron chi connectivity index (χ3n) is 4.01. The van der Waals surface area contributed by atoms with Gasteiger partial charge >= 0.3 is 0 Å². The second kappa shape index (κ2) is 5.19. The molecule has 1 aliphatic carbocycles. The molecule has 1 amide bonds. The van der Waals surface area contributed by atoms with E-state index in [0.29, 0.717) is 11.6 Å². The van der Waals surface area contributed by atoms with Crippen molar-refractivity contribution in [3.63, 3.8) is 0 Å². The summed E-state index contributed by atoms with van der Waals surface area (Å²) in [4.78, 5) is 14.4. The number of hydrogen-bond donors (Lipinski definition) is 1. The van der Waals surface area contributed by atoms with Gasteiger partial charge in [0.1, 0.15) is 5.69 Å². The van der Waals surface area contributed by atoms with Crippen LogP contribution >= 0.6 is 0 Å². The molecule has 102 valence electrons. The molecule has 2 heterocycles. The Labute approximate surface area is 113 Å². The van der Waals surface area contributed by atoms with E-state index in [1.807, 2.05) is 11.0 Å². The van der Waals surface area contributed by atoms with Crippen molar-refractivity contribution >= 4 is 5.91 Å². The van der Waals surface area contributed by atoms with Crippen LogP contribution in [0.1, 0.15) is 61.1 Å². The average Bonchev–Trinajstić information content (AvgIpc) is 2.99. The highest BCUT2D eigenvalue weighted by molar-refractivity contribution is 5.93. The first-order valence-corrected chi connectivity index (χ1v) is 7.32. The maximum absolute atomic E-state index is 12.5. The maximum Gasteiger partial charge on any atom is 0.275 e. The normalized spacial score (nSPS) is 22.2. The number of nitrogens with zero attached hydrogens (tertiary/aromatic N) is 2. The van der Waals surface area contributed by atoms with Crippen molar-refractivity contribution in [1.29, 1.82) is 0 Å². The average molecular weight is 259 g/mol. The van der Waals surface area contributed by atoms with E-state index in [0.717, 1.165) is 25.1 Å². The first-order valence-electron chi connectivity index (χ1n) is 7.32. The van der Waals surface area contributed by atoms with Crippen molar-refractivity contribution in [2.75, 3.05) is 6.54 Å². The second-order valence-corrected chi connectivity index (χ2v) is 5.58. The fourth-order valence-corrected chi connectivity index (χ4v) is 2.67. The van der Waals surface area contributed by atoms with Gasteiger partial charge in [0.2, 0.25) is 0 Å². The Hall–Kier alpha value is -1.58. The lowest BCUT2D eigenvalue weighted by Gasteiger charge is -2.23. The quantitative estimate of drug-likeness (QED) is 0.827. The minimum Gasteiger partial charge on any atom is -0.327 e. The molecule has 1 fully saturated rings. The van der Waals surface area contributed by atoms with Crippen molar-refractivity contribution in [3.05, 3.63) is 29.6 Å². The van der Waals surface area contributed by atoms with Gasteiger partial charge in [-0.25, -0.2) is 0 Å². The van der Waals surface area contributed by atoms with Gasteiger partial charge in [-0.05, 0) is 25.3 Å². The summed E-state index contributed by atoms with van der Waals surface area (Å²) in [6.07, 6.45) is 10.1. The summed E-state index contributed by atoms with van der Waals surface area (Å²) < 4.78 is 0. The molecule has 0 radical (unpaired) electrons. The van der Waals surface area contributed by atoms with Crippen molar-refractivity contribution in [1.82, 2.24) is 15.1 Å². The highest BCUT2D eigenvalue weighted by Gasteiger charge is 2.30. The van der Waals surface area contributed by atoms with Gasteiger partial charge in [-0.3, -0.25) is 9.89 Å². The SMILES string of the molecule is CCCC[C@@H]1C=CCN1C(=O)c1cc(C2CC2)[nH]n1. The van der Waals surface area contributed by atoms with Crippen LogP contribution < -0.4 is 0 Å². The predicted molar refractivity (Wildman–Crippen MR) is 74.1 cm³/mol. The van der Waals surface area contributed by atoms with Crippen molar-refractivity contribution in [2.45, 2.75) is 51.0 Å². The number of rotatable bonds is 5. The van der Waals surface area contributed by atoms with Crippen molar-refractivity contribution in [3.8, 4) is 0 Å². The van der Waals surface area contributed by atoms with E-state index in [2.05, 4.69) is 29.3 Å². The van der Waals surface area contributed by atoms with Crippen LogP contribution in [0.4, 0.5) is 0 Å². The molecule has 4 heteroatoms. The molecule has 0 aromatic carbocycles. The van der Waals surface area contributed by atoms with Gasteiger partial charge in [-0.1, -0.05) is 31.9 Å². The van der Waals surface area contributed by atoms with Gasteiger partial charge in [0.15, 0.2) is 0 Å². The number of hydrogen-bond acceptors (Lipinski definition) is 2. The monoisotopic (exact) mass is 259 g/mol. The van der Waals surface area contributed by atoms with Crippen LogP contribution in [0.5, 0.6) is 0 Å². The molecule has 19 heavy (non-hydrogen) atoms. The van der Waals surface area contributed by atoms with Gasteiger partial charge in [-0.2, -0.15) is 5.10 Å². The van der Waals surface area contributed by atoms with E-state index in [1.165, 1.54) is 19.3 Å². The van der Waals surface area contributed by atoms with Crippen LogP contribution in [0.15, 0.2) is 18.2 Å². The van der Waals surface area contributed by atoms with Crippen molar-refractivity contribution < 1.29 is 4.79 Å². The fourth-order valence-electron chi connectivity index (χ4n) is 2.67. The number of nitrogens with one attached hydrogen (secondary N) is 1. The summed E-state index contributed by atoms with van der Waals surface area (Å²) in [7, 11) is 0. The predicted octanol–water partition coefficient (Wildman–Crippen LogP) is 2.86. The number of carbonyl (C=O) groups is 1.